The number of hydrogen-bond donors (Lipinski definition) is 2. The van der Waals surface area contributed by atoms with Gasteiger partial charge in [0.2, 0.25) is 11.8 Å². The summed E-state index contributed by atoms with van der Waals surface area (Å²) in [4.78, 5) is 35.9. The number of halogens is 3. The van der Waals surface area contributed by atoms with Crippen LogP contribution in [0, 0.1) is 11.3 Å². The minimum absolute atomic E-state index is 0.00678. The largest absolute Gasteiger partial charge is 0.478 e. The Balaban J connectivity index is 0.000000801. The quantitative estimate of drug-likeness (QED) is 0.348. The number of carbonyl (C=O) groups is 3. The van der Waals surface area contributed by atoms with Crippen LogP contribution in [0.15, 0.2) is 18.2 Å². The Kier molecular flexibility index (Phi) is 11.7. The lowest BCUT2D eigenvalue weighted by Crippen LogP contribution is -2.46. The molecule has 1 atom stereocenters. The van der Waals surface area contributed by atoms with Crippen LogP contribution in [0.3, 0.4) is 0 Å². The van der Waals surface area contributed by atoms with E-state index < -0.39 is 29.1 Å². The second kappa shape index (κ2) is 14.5. The molecule has 44 heavy (non-hydrogen) atoms. The Bertz CT molecular complexity index is 1140. The highest BCUT2D eigenvalue weighted by Gasteiger charge is 2.42. The van der Waals surface area contributed by atoms with Crippen molar-refractivity contribution in [1.82, 2.24) is 4.90 Å². The van der Waals surface area contributed by atoms with Crippen LogP contribution in [0.1, 0.15) is 96.6 Å². The summed E-state index contributed by atoms with van der Waals surface area (Å²) in [5.74, 6) is -2.27. The van der Waals surface area contributed by atoms with Crippen molar-refractivity contribution in [2.75, 3.05) is 26.3 Å². The van der Waals surface area contributed by atoms with Crippen LogP contribution in [0.2, 0.25) is 0 Å². The maximum absolute atomic E-state index is 13.8. The molecule has 2 bridgehead atoms. The molecule has 3 heterocycles. The van der Waals surface area contributed by atoms with Gasteiger partial charge in [0.25, 0.3) is 0 Å². The van der Waals surface area contributed by atoms with E-state index in [0.717, 1.165) is 38.4 Å². The van der Waals surface area contributed by atoms with Gasteiger partial charge in [0, 0.05) is 24.4 Å². The third-order valence-electron chi connectivity index (χ3n) is 8.83. The fraction of sp³-hybridized carbons (Fsp3) is 0.719. The standard InChI is InChI=1S/C28H38F3NO6.C4H9NO/c1-18(36-16-27-10-6-21(7-11-27)37-17-27)14-24(33)32-12-8-19(9-13-32)20-4-5-23(22(15-20)28(29,30)31)38-26(2,3)25(34)35;1-3(2)4(5)6/h4-5,15,18-19,21H,6-14,16-17H2,1-3H3,(H,34,35);3H,1-2H3,(H2,5,6). The molecular formula is C32H47F3N2O7. The van der Waals surface area contributed by atoms with Gasteiger partial charge in [-0.25, -0.2) is 4.79 Å². The topological polar surface area (TPSA) is 128 Å². The first-order chi connectivity index (χ1) is 20.4. The van der Waals surface area contributed by atoms with Gasteiger partial charge in [-0.1, -0.05) is 19.9 Å². The minimum Gasteiger partial charge on any atom is -0.478 e. The average Bonchev–Trinajstić information content (AvgIpc) is 2.97. The van der Waals surface area contributed by atoms with E-state index in [1.54, 1.807) is 24.8 Å². The summed E-state index contributed by atoms with van der Waals surface area (Å²) in [6, 6.07) is 3.80. The summed E-state index contributed by atoms with van der Waals surface area (Å²) >= 11 is 0. The Morgan fingerprint density at radius 1 is 1.09 bits per heavy atom. The molecule has 9 nitrogen and oxygen atoms in total. The number of likely N-dealkylation sites (tertiary alicyclic amines) is 1. The van der Waals surface area contributed by atoms with Gasteiger partial charge in [0.15, 0.2) is 5.60 Å². The number of rotatable bonds is 10. The number of carbonyl (C=O) groups excluding carboxylic acids is 2. The van der Waals surface area contributed by atoms with Crippen LogP contribution < -0.4 is 10.5 Å². The third-order valence-corrected chi connectivity index (χ3v) is 8.83. The third kappa shape index (κ3) is 9.57. The van der Waals surface area contributed by atoms with E-state index in [-0.39, 0.29) is 41.6 Å². The SMILES string of the molecule is CC(C)C(N)=O.CC(CC(=O)N1CCC(c2ccc(OC(C)(C)C(=O)O)c(C(F)(F)F)c2)CC1)OCC12CCC(CC1)OC2. The van der Waals surface area contributed by atoms with Crippen molar-refractivity contribution in [3.8, 4) is 5.75 Å². The van der Waals surface area contributed by atoms with Gasteiger partial charge in [-0.05, 0) is 82.9 Å². The zero-order valence-corrected chi connectivity index (χ0v) is 26.4. The predicted octanol–water partition coefficient (Wildman–Crippen LogP) is 5.54. The van der Waals surface area contributed by atoms with Crippen molar-refractivity contribution in [3.05, 3.63) is 29.3 Å². The fourth-order valence-electron chi connectivity index (χ4n) is 5.64. The molecule has 4 fully saturated rings. The smallest absolute Gasteiger partial charge is 0.419 e. The van der Waals surface area contributed by atoms with Gasteiger partial charge in [0.05, 0.1) is 37.4 Å². The molecular weight excluding hydrogens is 581 g/mol. The lowest BCUT2D eigenvalue weighted by atomic mass is 9.72. The van der Waals surface area contributed by atoms with Gasteiger partial charge in [-0.2, -0.15) is 13.2 Å². The monoisotopic (exact) mass is 628 g/mol. The van der Waals surface area contributed by atoms with E-state index in [0.29, 0.717) is 44.2 Å². The highest BCUT2D eigenvalue weighted by atomic mass is 19.4. The fourth-order valence-corrected chi connectivity index (χ4v) is 5.64. The number of carboxylic acid groups (broad SMARTS) is 1. The number of nitrogens with two attached hydrogens (primary N) is 1. The first-order valence-corrected chi connectivity index (χ1v) is 15.4. The number of alkyl halides is 3. The highest BCUT2D eigenvalue weighted by molar-refractivity contribution is 5.77. The highest BCUT2D eigenvalue weighted by Crippen LogP contribution is 2.44. The Hall–Kier alpha value is -2.86. The second-order valence-corrected chi connectivity index (χ2v) is 13.2. The number of primary amides is 1. The number of hydrogen-bond acceptors (Lipinski definition) is 6. The molecule has 248 valence electrons. The molecule has 1 saturated carbocycles. The van der Waals surface area contributed by atoms with Gasteiger partial charge < -0.3 is 30.0 Å². The van der Waals surface area contributed by atoms with Gasteiger partial charge >= 0.3 is 12.1 Å². The summed E-state index contributed by atoms with van der Waals surface area (Å²) in [7, 11) is 0. The maximum Gasteiger partial charge on any atom is 0.419 e. The van der Waals surface area contributed by atoms with E-state index in [1.165, 1.54) is 19.9 Å². The molecule has 0 spiro atoms. The lowest BCUT2D eigenvalue weighted by molar-refractivity contribution is -0.155. The summed E-state index contributed by atoms with van der Waals surface area (Å²) < 4.78 is 58.5. The number of ether oxygens (including phenoxy) is 3. The van der Waals surface area contributed by atoms with Gasteiger partial charge in [0.1, 0.15) is 5.75 Å². The number of nitrogens with zero attached hydrogens (tertiary/aromatic N) is 1. The van der Waals surface area contributed by atoms with Crippen molar-refractivity contribution in [2.24, 2.45) is 17.1 Å². The zero-order chi connectivity index (χ0) is 32.9. The summed E-state index contributed by atoms with van der Waals surface area (Å²) in [5.41, 5.74) is 2.57. The first kappa shape index (κ1) is 35.6. The first-order valence-electron chi connectivity index (χ1n) is 15.4. The summed E-state index contributed by atoms with van der Waals surface area (Å²) in [6.07, 6.45) is 1.20. The molecule has 3 saturated heterocycles. The van der Waals surface area contributed by atoms with E-state index in [9.17, 15) is 32.7 Å². The van der Waals surface area contributed by atoms with Crippen molar-refractivity contribution in [2.45, 2.75) is 109 Å². The normalized spacial score (nSPS) is 23.1. The molecule has 12 heteroatoms. The van der Waals surface area contributed by atoms with Crippen LogP contribution >= 0.6 is 0 Å². The molecule has 1 aromatic carbocycles. The molecule has 4 aliphatic rings. The molecule has 0 radical (unpaired) electrons. The predicted molar refractivity (Wildman–Crippen MR) is 157 cm³/mol. The molecule has 1 aromatic rings. The van der Waals surface area contributed by atoms with Crippen LogP contribution in [0.25, 0.3) is 0 Å². The summed E-state index contributed by atoms with van der Waals surface area (Å²) in [6.45, 7) is 10.1. The van der Waals surface area contributed by atoms with Crippen LogP contribution in [0.4, 0.5) is 13.2 Å². The van der Waals surface area contributed by atoms with Crippen molar-refractivity contribution < 1.29 is 46.9 Å². The maximum atomic E-state index is 13.8. The van der Waals surface area contributed by atoms with Crippen LogP contribution in [-0.2, 0) is 30.0 Å². The molecule has 0 aromatic heterocycles. The van der Waals surface area contributed by atoms with E-state index in [1.807, 2.05) is 6.92 Å². The Morgan fingerprint density at radius 2 is 1.68 bits per heavy atom. The Morgan fingerprint density at radius 3 is 2.16 bits per heavy atom. The number of amides is 2. The van der Waals surface area contributed by atoms with E-state index >= 15 is 0 Å². The molecule has 3 N–H and O–H groups in total. The van der Waals surface area contributed by atoms with E-state index in [2.05, 4.69) is 0 Å². The molecule has 2 amide bonds. The number of carboxylic acids is 1. The molecule has 1 aliphatic carbocycles. The number of aliphatic carboxylic acids is 1. The number of fused-ring (bicyclic) bond motifs is 3. The van der Waals surface area contributed by atoms with Crippen molar-refractivity contribution in [3.63, 3.8) is 0 Å². The summed E-state index contributed by atoms with van der Waals surface area (Å²) in [5, 5.41) is 9.24. The van der Waals surface area contributed by atoms with Crippen LogP contribution in [0.5, 0.6) is 5.75 Å². The van der Waals surface area contributed by atoms with Crippen molar-refractivity contribution >= 4 is 17.8 Å². The van der Waals surface area contributed by atoms with Gasteiger partial charge in [-0.3, -0.25) is 9.59 Å². The zero-order valence-electron chi connectivity index (χ0n) is 26.4. The minimum atomic E-state index is -4.70. The molecule has 5 rings (SSSR count). The van der Waals surface area contributed by atoms with E-state index in [4.69, 9.17) is 19.9 Å². The van der Waals surface area contributed by atoms with Gasteiger partial charge in [-0.15, -0.1) is 0 Å². The molecule has 1 unspecified atom stereocenters. The number of piperidine rings is 1. The lowest BCUT2D eigenvalue weighted by Gasteiger charge is -2.46. The van der Waals surface area contributed by atoms with Crippen LogP contribution in [-0.4, -0.2) is 71.9 Å². The Labute approximate surface area is 257 Å². The number of benzene rings is 1. The van der Waals surface area contributed by atoms with Crippen molar-refractivity contribution in [1.29, 1.82) is 0 Å². The second-order valence-electron chi connectivity index (χ2n) is 13.2. The average molecular weight is 629 g/mol. The molecule has 3 aliphatic heterocycles.